The number of hydrogen-bond donors (Lipinski definition) is 0. The smallest absolute Gasteiger partial charge is 0.168 e. The van der Waals surface area contributed by atoms with Gasteiger partial charge in [-0.25, -0.2) is 0 Å². The summed E-state index contributed by atoms with van der Waals surface area (Å²) >= 11 is 10.7. The molecule has 2 rings (SSSR count). The third-order valence-electron chi connectivity index (χ3n) is 2.13. The van der Waals surface area contributed by atoms with Gasteiger partial charge in [0.1, 0.15) is 0 Å². The summed E-state index contributed by atoms with van der Waals surface area (Å²) in [6.45, 7) is 0. The molecule has 0 amide bonds. The van der Waals surface area contributed by atoms with Crippen molar-refractivity contribution in [2.75, 3.05) is 0 Å². The van der Waals surface area contributed by atoms with E-state index in [0.717, 1.165) is 8.66 Å². The van der Waals surface area contributed by atoms with Crippen LogP contribution in [0.4, 0.5) is 0 Å². The molecule has 0 saturated heterocycles. The Balaban J connectivity index is 2.11. The van der Waals surface area contributed by atoms with Crippen LogP contribution < -0.4 is 0 Å². The SMILES string of the molecule is O=C(Cc1ccc(Br)s1)c1ccc(Cl)cc1. The number of Topliss-reactive ketones (excluding diaryl/α,β-unsaturated/α-hetero) is 1. The minimum atomic E-state index is 0.117. The molecule has 4 heteroatoms. The highest BCUT2D eigenvalue weighted by Gasteiger charge is 2.08. The van der Waals surface area contributed by atoms with Crippen LogP contribution in [-0.4, -0.2) is 5.78 Å². The van der Waals surface area contributed by atoms with Gasteiger partial charge in [0.05, 0.1) is 3.79 Å². The third-order valence-corrected chi connectivity index (χ3v) is 4.01. The minimum absolute atomic E-state index is 0.117. The van der Waals surface area contributed by atoms with Gasteiger partial charge < -0.3 is 0 Å². The fourth-order valence-electron chi connectivity index (χ4n) is 1.34. The normalized spacial score (nSPS) is 10.4. The van der Waals surface area contributed by atoms with Crippen LogP contribution in [0.15, 0.2) is 40.2 Å². The topological polar surface area (TPSA) is 17.1 Å². The molecular formula is C12H8BrClOS. The zero-order chi connectivity index (χ0) is 11.5. The summed E-state index contributed by atoms with van der Waals surface area (Å²) in [5.41, 5.74) is 0.703. The van der Waals surface area contributed by atoms with Crippen molar-refractivity contribution >= 4 is 44.7 Å². The van der Waals surface area contributed by atoms with Crippen molar-refractivity contribution in [3.05, 3.63) is 55.6 Å². The second-order valence-electron chi connectivity index (χ2n) is 3.31. The van der Waals surface area contributed by atoms with Gasteiger partial charge in [-0.15, -0.1) is 11.3 Å². The first-order valence-corrected chi connectivity index (χ1v) is 6.67. The lowest BCUT2D eigenvalue weighted by Gasteiger charge is -1.99. The second kappa shape index (κ2) is 5.13. The summed E-state index contributed by atoms with van der Waals surface area (Å²) in [6.07, 6.45) is 0.442. The van der Waals surface area contributed by atoms with Crippen molar-refractivity contribution in [2.24, 2.45) is 0 Å². The predicted molar refractivity (Wildman–Crippen MR) is 71.5 cm³/mol. The maximum atomic E-state index is 11.9. The van der Waals surface area contributed by atoms with Crippen LogP contribution in [0.2, 0.25) is 5.02 Å². The van der Waals surface area contributed by atoms with Gasteiger partial charge in [0, 0.05) is 21.9 Å². The Kier molecular flexibility index (Phi) is 3.79. The Morgan fingerprint density at radius 2 is 1.88 bits per heavy atom. The van der Waals surface area contributed by atoms with E-state index in [4.69, 9.17) is 11.6 Å². The van der Waals surface area contributed by atoms with E-state index in [-0.39, 0.29) is 5.78 Å². The van der Waals surface area contributed by atoms with Crippen molar-refractivity contribution < 1.29 is 4.79 Å². The fourth-order valence-corrected chi connectivity index (χ4v) is 2.95. The van der Waals surface area contributed by atoms with Gasteiger partial charge in [0.25, 0.3) is 0 Å². The number of ketones is 1. The Labute approximate surface area is 111 Å². The molecule has 0 aliphatic carbocycles. The van der Waals surface area contributed by atoms with Gasteiger partial charge in [-0.05, 0) is 52.3 Å². The van der Waals surface area contributed by atoms with Gasteiger partial charge in [-0.2, -0.15) is 0 Å². The van der Waals surface area contributed by atoms with Crippen LogP contribution in [0, 0.1) is 0 Å². The number of thiophene rings is 1. The first-order chi connectivity index (χ1) is 7.65. The first kappa shape index (κ1) is 11.8. The van der Waals surface area contributed by atoms with E-state index in [9.17, 15) is 4.79 Å². The van der Waals surface area contributed by atoms with Crippen molar-refractivity contribution in [1.82, 2.24) is 0 Å². The molecule has 2 aromatic rings. The van der Waals surface area contributed by atoms with E-state index in [2.05, 4.69) is 15.9 Å². The number of halogens is 2. The summed E-state index contributed by atoms with van der Waals surface area (Å²) in [5.74, 6) is 0.117. The molecule has 0 radical (unpaired) electrons. The molecule has 0 fully saturated rings. The molecular weight excluding hydrogens is 308 g/mol. The number of carbonyl (C=O) groups excluding carboxylic acids is 1. The van der Waals surface area contributed by atoms with Gasteiger partial charge in [-0.1, -0.05) is 11.6 Å². The highest BCUT2D eigenvalue weighted by Crippen LogP contribution is 2.23. The van der Waals surface area contributed by atoms with Crippen molar-refractivity contribution in [1.29, 1.82) is 0 Å². The van der Waals surface area contributed by atoms with Crippen LogP contribution in [0.3, 0.4) is 0 Å². The second-order valence-corrected chi connectivity index (χ2v) is 6.30. The van der Waals surface area contributed by atoms with E-state index in [0.29, 0.717) is 17.0 Å². The summed E-state index contributed by atoms with van der Waals surface area (Å²) in [6, 6.07) is 10.9. The van der Waals surface area contributed by atoms with E-state index in [1.807, 2.05) is 12.1 Å². The lowest BCUT2D eigenvalue weighted by atomic mass is 10.1. The van der Waals surface area contributed by atoms with E-state index in [1.165, 1.54) is 0 Å². The van der Waals surface area contributed by atoms with Gasteiger partial charge in [0.2, 0.25) is 0 Å². The summed E-state index contributed by atoms with van der Waals surface area (Å²) in [7, 11) is 0. The molecule has 1 heterocycles. The summed E-state index contributed by atoms with van der Waals surface area (Å²) in [5, 5.41) is 0.649. The predicted octanol–water partition coefficient (Wildman–Crippen LogP) is 4.59. The maximum Gasteiger partial charge on any atom is 0.168 e. The zero-order valence-electron chi connectivity index (χ0n) is 8.24. The monoisotopic (exact) mass is 314 g/mol. The third kappa shape index (κ3) is 2.94. The molecule has 1 aromatic carbocycles. The molecule has 0 saturated carbocycles. The zero-order valence-corrected chi connectivity index (χ0v) is 11.4. The quantitative estimate of drug-likeness (QED) is 0.757. The molecule has 0 unspecified atom stereocenters. The molecule has 82 valence electrons. The molecule has 1 aromatic heterocycles. The minimum Gasteiger partial charge on any atom is -0.294 e. The van der Waals surface area contributed by atoms with Crippen LogP contribution in [0.1, 0.15) is 15.2 Å². The van der Waals surface area contributed by atoms with Gasteiger partial charge >= 0.3 is 0 Å². The Hall–Kier alpha value is -0.640. The number of hydrogen-bond acceptors (Lipinski definition) is 2. The van der Waals surface area contributed by atoms with Crippen LogP contribution in [0.25, 0.3) is 0 Å². The molecule has 0 aliphatic heterocycles. The summed E-state index contributed by atoms with van der Waals surface area (Å²) < 4.78 is 1.05. The molecule has 1 nitrogen and oxygen atoms in total. The molecule has 0 N–H and O–H groups in total. The largest absolute Gasteiger partial charge is 0.294 e. The highest BCUT2D eigenvalue weighted by molar-refractivity contribution is 9.11. The highest BCUT2D eigenvalue weighted by atomic mass is 79.9. The number of rotatable bonds is 3. The van der Waals surface area contributed by atoms with Gasteiger partial charge in [0.15, 0.2) is 5.78 Å². The van der Waals surface area contributed by atoms with Crippen LogP contribution in [-0.2, 0) is 6.42 Å². The van der Waals surface area contributed by atoms with E-state index >= 15 is 0 Å². The average molecular weight is 316 g/mol. The van der Waals surface area contributed by atoms with Crippen LogP contribution >= 0.6 is 38.9 Å². The lowest BCUT2D eigenvalue weighted by Crippen LogP contribution is -2.01. The molecule has 0 spiro atoms. The van der Waals surface area contributed by atoms with E-state index < -0.39 is 0 Å². The maximum absolute atomic E-state index is 11.9. The first-order valence-electron chi connectivity index (χ1n) is 4.68. The molecule has 0 bridgehead atoms. The molecule has 0 atom stereocenters. The summed E-state index contributed by atoms with van der Waals surface area (Å²) in [4.78, 5) is 12.9. The Morgan fingerprint density at radius 1 is 1.19 bits per heavy atom. The number of carbonyl (C=O) groups is 1. The fraction of sp³-hybridized carbons (Fsp3) is 0.0833. The van der Waals surface area contributed by atoms with Crippen molar-refractivity contribution in [2.45, 2.75) is 6.42 Å². The van der Waals surface area contributed by atoms with Crippen molar-refractivity contribution in [3.8, 4) is 0 Å². The van der Waals surface area contributed by atoms with Crippen molar-refractivity contribution in [3.63, 3.8) is 0 Å². The molecule has 0 aliphatic rings. The Morgan fingerprint density at radius 3 is 2.44 bits per heavy atom. The number of benzene rings is 1. The van der Waals surface area contributed by atoms with Gasteiger partial charge in [-0.3, -0.25) is 4.79 Å². The Bertz CT molecular complexity index is 504. The lowest BCUT2D eigenvalue weighted by molar-refractivity contribution is 0.0994. The standard InChI is InChI=1S/C12H8BrClOS/c13-12-6-5-10(16-12)7-11(15)8-1-3-9(14)4-2-8/h1-6H,7H2. The average Bonchev–Trinajstić information content (AvgIpc) is 2.65. The van der Waals surface area contributed by atoms with E-state index in [1.54, 1.807) is 35.6 Å². The van der Waals surface area contributed by atoms with Crippen LogP contribution in [0.5, 0.6) is 0 Å². The molecule has 16 heavy (non-hydrogen) atoms.